The van der Waals surface area contributed by atoms with Crippen molar-refractivity contribution in [3.05, 3.63) is 158 Å². The molecule has 6 aromatic carbocycles. The van der Waals surface area contributed by atoms with Gasteiger partial charge in [0.2, 0.25) is 0 Å². The summed E-state index contributed by atoms with van der Waals surface area (Å²) in [5, 5.41) is 9.58. The molecule has 0 spiro atoms. The second kappa shape index (κ2) is 12.1. The van der Waals surface area contributed by atoms with E-state index in [1.54, 1.807) is 0 Å². The maximum Gasteiger partial charge on any atom is 2.00 e. The third-order valence-corrected chi connectivity index (χ3v) is 12.5. The van der Waals surface area contributed by atoms with Gasteiger partial charge < -0.3 is 13.9 Å². The molecule has 54 heavy (non-hydrogen) atoms. The fourth-order valence-corrected chi connectivity index (χ4v) is 10.2. The van der Waals surface area contributed by atoms with Crippen LogP contribution in [-0.4, -0.2) is 19.1 Å². The summed E-state index contributed by atoms with van der Waals surface area (Å²) in [6, 6.07) is 54.1. The second-order valence-electron chi connectivity index (χ2n) is 13.2. The van der Waals surface area contributed by atoms with Crippen LogP contribution in [0.25, 0.3) is 95.6 Å². The van der Waals surface area contributed by atoms with Crippen molar-refractivity contribution in [2.75, 3.05) is 0 Å². The van der Waals surface area contributed by atoms with Crippen molar-refractivity contribution in [2.24, 2.45) is 0 Å². The largest absolute Gasteiger partial charge is 2.00 e. The van der Waals surface area contributed by atoms with Gasteiger partial charge in [0.05, 0.1) is 0 Å². The molecule has 256 valence electrons. The fraction of sp³-hybridized carbons (Fsp3) is 0. The molecule has 0 amide bonds. The molecule has 12 rings (SSSR count). The predicted octanol–water partition coefficient (Wildman–Crippen LogP) is 12.8. The molecule has 12 aromatic rings. The molecule has 6 heterocycles. The van der Waals surface area contributed by atoms with E-state index in [4.69, 9.17) is 14.7 Å². The molecule has 0 aliphatic rings. The van der Waals surface area contributed by atoms with Crippen molar-refractivity contribution in [1.82, 2.24) is 19.1 Å². The maximum atomic E-state index is 6.63. The molecule has 5 nitrogen and oxygen atoms in total. The van der Waals surface area contributed by atoms with E-state index in [1.807, 2.05) is 83.6 Å². The van der Waals surface area contributed by atoms with Gasteiger partial charge in [-0.1, -0.05) is 71.7 Å². The number of hydrogen-bond donors (Lipinski definition) is 0. The first-order valence-electron chi connectivity index (χ1n) is 17.4. The molecule has 0 aliphatic carbocycles. The molecule has 6 aromatic heterocycles. The van der Waals surface area contributed by atoms with Crippen LogP contribution < -0.4 is 4.74 Å². The molecule has 0 fully saturated rings. The smallest absolute Gasteiger partial charge is 0.509 e. The third-order valence-electron chi connectivity index (χ3n) is 10.3. The van der Waals surface area contributed by atoms with Gasteiger partial charge >= 0.3 is 21.1 Å². The minimum Gasteiger partial charge on any atom is -0.509 e. The number of aromatic nitrogens is 4. The average Bonchev–Trinajstić information content (AvgIpc) is 3.93. The molecular weight excluding hydrogens is 884 g/mol. The van der Waals surface area contributed by atoms with E-state index in [2.05, 4.69) is 106 Å². The number of pyridine rings is 2. The molecule has 0 unspecified atom stereocenters. The summed E-state index contributed by atoms with van der Waals surface area (Å²) in [6.07, 6.45) is 3.67. The van der Waals surface area contributed by atoms with E-state index in [-0.39, 0.29) is 21.1 Å². The Morgan fingerprint density at radius 3 is 1.35 bits per heavy atom. The molecule has 0 saturated heterocycles. The number of rotatable bonds is 4. The van der Waals surface area contributed by atoms with E-state index in [0.29, 0.717) is 11.5 Å². The van der Waals surface area contributed by atoms with E-state index in [9.17, 15) is 0 Å². The second-order valence-corrected chi connectivity index (χ2v) is 15.4. The van der Waals surface area contributed by atoms with Crippen LogP contribution >= 0.6 is 22.7 Å². The Balaban J connectivity index is 0.00000341. The summed E-state index contributed by atoms with van der Waals surface area (Å²) < 4.78 is 16.1. The van der Waals surface area contributed by atoms with Crippen LogP contribution in [0, 0.1) is 12.1 Å². The summed E-state index contributed by atoms with van der Waals surface area (Å²) in [6.45, 7) is 0. The van der Waals surface area contributed by atoms with E-state index < -0.39 is 0 Å². The summed E-state index contributed by atoms with van der Waals surface area (Å²) in [5.41, 5.74) is 4.00. The molecule has 0 radical (unpaired) electrons. The van der Waals surface area contributed by atoms with Crippen LogP contribution in [0.1, 0.15) is 0 Å². The minimum absolute atomic E-state index is 0. The number of nitrogens with zero attached hydrogens (tertiary/aromatic N) is 4. The van der Waals surface area contributed by atoms with Gasteiger partial charge in [0, 0.05) is 75.3 Å². The topological polar surface area (TPSA) is 44.9 Å². The Morgan fingerprint density at radius 1 is 0.426 bits per heavy atom. The molecule has 0 bridgehead atoms. The zero-order valence-electron chi connectivity index (χ0n) is 28.2. The first-order valence-corrected chi connectivity index (χ1v) is 19.0. The Kier molecular flexibility index (Phi) is 7.08. The first-order chi connectivity index (χ1) is 26.2. The van der Waals surface area contributed by atoms with Gasteiger partial charge in [-0.25, -0.2) is 9.97 Å². The van der Waals surface area contributed by atoms with Crippen LogP contribution in [-0.2, 0) is 21.1 Å². The van der Waals surface area contributed by atoms with E-state index >= 15 is 0 Å². The molecule has 0 atom stereocenters. The van der Waals surface area contributed by atoms with Crippen LogP contribution in [0.5, 0.6) is 11.5 Å². The zero-order chi connectivity index (χ0) is 34.6. The standard InChI is InChI=1S/C46H24N4OS2.Pt/c1-3-11-41-31(9-1)35-23-33-29-17-15-27(21-37(29)49(39(33)25-43(35)52-41)45-13-5-7-19-47-45)51-28-16-18-30-34-24-36-32-10-2-4-12-42(32)53-44(36)26-40(34)50(38(30)22-28)46-14-6-8-20-48-46;/h1-20,23-26H;/q-2;+2. The van der Waals surface area contributed by atoms with Crippen LogP contribution in [0.15, 0.2) is 146 Å². The monoisotopic (exact) mass is 907 g/mol. The number of thiophene rings is 2. The molecule has 0 aliphatic heterocycles. The summed E-state index contributed by atoms with van der Waals surface area (Å²) in [4.78, 5) is 9.55. The van der Waals surface area contributed by atoms with E-state index in [0.717, 1.165) is 55.2 Å². The van der Waals surface area contributed by atoms with Crippen molar-refractivity contribution in [3.63, 3.8) is 0 Å². The van der Waals surface area contributed by atoms with Crippen LogP contribution in [0.4, 0.5) is 0 Å². The SMILES string of the molecule is [Pt+2].[c-]1c(Oc2[c-]c3c(cc2)c2cc4c(cc2n3-c2ccccn2)sc2ccccc24)ccc2c3cc4c(cc3n(-c3ccccn3)c12)sc1ccccc14. The molecular formula is C46H24N4OPtS2. The van der Waals surface area contributed by atoms with Gasteiger partial charge in [0.25, 0.3) is 0 Å². The van der Waals surface area contributed by atoms with E-state index in [1.165, 1.54) is 40.3 Å². The predicted molar refractivity (Wildman–Crippen MR) is 221 cm³/mol. The van der Waals surface area contributed by atoms with Gasteiger partial charge in [0.15, 0.2) is 0 Å². The Labute approximate surface area is 330 Å². The number of ether oxygens (including phenoxy) is 1. The van der Waals surface area contributed by atoms with Crippen molar-refractivity contribution in [2.45, 2.75) is 0 Å². The molecule has 0 N–H and O–H groups in total. The van der Waals surface area contributed by atoms with Crippen molar-refractivity contribution in [3.8, 4) is 23.1 Å². The average molecular weight is 908 g/mol. The van der Waals surface area contributed by atoms with Gasteiger partial charge in [-0.2, -0.15) is 12.1 Å². The zero-order valence-corrected chi connectivity index (χ0v) is 32.1. The summed E-state index contributed by atoms with van der Waals surface area (Å²) in [5.74, 6) is 2.88. The van der Waals surface area contributed by atoms with Gasteiger partial charge in [-0.15, -0.1) is 57.7 Å². The number of benzene rings is 6. The number of hydrogen-bond acceptors (Lipinski definition) is 5. The minimum atomic E-state index is 0. The normalized spacial score (nSPS) is 11.9. The van der Waals surface area contributed by atoms with Crippen LogP contribution in [0.3, 0.4) is 0 Å². The Hall–Kier alpha value is -5.85. The fourth-order valence-electron chi connectivity index (χ4n) is 7.96. The molecule has 8 heteroatoms. The van der Waals surface area contributed by atoms with Crippen molar-refractivity contribution >= 4 is 107 Å². The Morgan fingerprint density at radius 2 is 0.889 bits per heavy atom. The van der Waals surface area contributed by atoms with Crippen molar-refractivity contribution in [1.29, 1.82) is 0 Å². The number of fused-ring (bicyclic) bond motifs is 12. The third kappa shape index (κ3) is 4.66. The van der Waals surface area contributed by atoms with Gasteiger partial charge in [0.1, 0.15) is 11.6 Å². The summed E-state index contributed by atoms with van der Waals surface area (Å²) >= 11 is 3.64. The van der Waals surface area contributed by atoms with Crippen molar-refractivity contribution < 1.29 is 25.8 Å². The summed E-state index contributed by atoms with van der Waals surface area (Å²) in [7, 11) is 0. The van der Waals surface area contributed by atoms with Gasteiger partial charge in [-0.05, 0) is 59.3 Å². The quantitative estimate of drug-likeness (QED) is 0.165. The first kappa shape index (κ1) is 31.7. The van der Waals surface area contributed by atoms with Gasteiger partial charge in [-0.3, -0.25) is 0 Å². The maximum absolute atomic E-state index is 6.63. The Bertz CT molecular complexity index is 3210. The molecule has 0 saturated carbocycles. The van der Waals surface area contributed by atoms with Crippen LogP contribution in [0.2, 0.25) is 0 Å².